The molecule has 132 valence electrons. The van der Waals surface area contributed by atoms with Crippen molar-refractivity contribution in [2.45, 2.75) is 39.5 Å². The van der Waals surface area contributed by atoms with Gasteiger partial charge in [-0.3, -0.25) is 4.79 Å². The molecule has 5 nitrogen and oxygen atoms in total. The van der Waals surface area contributed by atoms with Crippen LogP contribution in [0.15, 0.2) is 54.6 Å². The van der Waals surface area contributed by atoms with Crippen LogP contribution in [0.3, 0.4) is 0 Å². The molecule has 2 unspecified atom stereocenters. The Labute approximate surface area is 148 Å². The number of carbonyl (C=O) groups is 2. The van der Waals surface area contributed by atoms with Gasteiger partial charge in [0.25, 0.3) is 5.91 Å². The maximum absolute atomic E-state index is 12.1. The minimum absolute atomic E-state index is 0.347. The van der Waals surface area contributed by atoms with E-state index in [4.69, 9.17) is 9.47 Å². The topological polar surface area (TPSA) is 64.6 Å². The molecule has 0 aromatic heterocycles. The average molecular weight is 341 g/mol. The van der Waals surface area contributed by atoms with E-state index in [0.717, 1.165) is 11.1 Å². The van der Waals surface area contributed by atoms with Crippen molar-refractivity contribution >= 4 is 11.9 Å². The number of esters is 1. The zero-order valence-corrected chi connectivity index (χ0v) is 14.7. The van der Waals surface area contributed by atoms with Crippen molar-refractivity contribution in [3.8, 4) is 5.75 Å². The molecule has 1 amide bonds. The molecule has 5 heteroatoms. The van der Waals surface area contributed by atoms with Crippen LogP contribution < -0.4 is 10.1 Å². The number of aryl methyl sites for hydroxylation is 1. The number of nitrogens with one attached hydrogen (secondary N) is 1. The third kappa shape index (κ3) is 5.95. The van der Waals surface area contributed by atoms with Gasteiger partial charge in [-0.2, -0.15) is 0 Å². The molecule has 0 aliphatic carbocycles. The third-order valence-corrected chi connectivity index (χ3v) is 3.64. The SMILES string of the molecule is Cc1ccc(OC(C)C(=O)OC(C)C(=O)NCc2ccccc2)cc1. The first-order chi connectivity index (χ1) is 12.0. The Morgan fingerprint density at radius 3 is 2.24 bits per heavy atom. The zero-order chi connectivity index (χ0) is 18.2. The van der Waals surface area contributed by atoms with E-state index < -0.39 is 18.2 Å². The second-order valence-electron chi connectivity index (χ2n) is 5.86. The van der Waals surface area contributed by atoms with Crippen molar-refractivity contribution in [1.29, 1.82) is 0 Å². The number of rotatable bonds is 7. The maximum atomic E-state index is 12.1. The van der Waals surface area contributed by atoms with Gasteiger partial charge in [0, 0.05) is 6.54 Å². The first kappa shape index (κ1) is 18.5. The van der Waals surface area contributed by atoms with Gasteiger partial charge in [0.2, 0.25) is 0 Å². The molecule has 1 N–H and O–H groups in total. The predicted octanol–water partition coefficient (Wildman–Crippen LogP) is 3.01. The molecule has 0 saturated carbocycles. The van der Waals surface area contributed by atoms with E-state index in [1.165, 1.54) is 6.92 Å². The predicted molar refractivity (Wildman–Crippen MR) is 95.1 cm³/mol. The van der Waals surface area contributed by atoms with Crippen LogP contribution in [0.2, 0.25) is 0 Å². The molecule has 0 aliphatic heterocycles. The lowest BCUT2D eigenvalue weighted by atomic mass is 10.2. The lowest BCUT2D eigenvalue weighted by Gasteiger charge is -2.18. The van der Waals surface area contributed by atoms with Gasteiger partial charge in [0.05, 0.1) is 0 Å². The van der Waals surface area contributed by atoms with Crippen LogP contribution >= 0.6 is 0 Å². The number of benzene rings is 2. The minimum atomic E-state index is -0.889. The van der Waals surface area contributed by atoms with Crippen LogP contribution in [0.25, 0.3) is 0 Å². The van der Waals surface area contributed by atoms with Gasteiger partial charge in [-0.25, -0.2) is 4.79 Å². The quantitative estimate of drug-likeness (QED) is 0.786. The first-order valence-corrected chi connectivity index (χ1v) is 8.21. The largest absolute Gasteiger partial charge is 0.479 e. The summed E-state index contributed by atoms with van der Waals surface area (Å²) in [5, 5.41) is 2.74. The third-order valence-electron chi connectivity index (χ3n) is 3.64. The first-order valence-electron chi connectivity index (χ1n) is 8.21. The van der Waals surface area contributed by atoms with E-state index in [1.807, 2.05) is 49.4 Å². The summed E-state index contributed by atoms with van der Waals surface area (Å²) in [6.07, 6.45) is -1.69. The van der Waals surface area contributed by atoms with Crippen molar-refractivity contribution in [2.75, 3.05) is 0 Å². The molecule has 0 heterocycles. The Balaban J connectivity index is 1.79. The lowest BCUT2D eigenvalue weighted by molar-refractivity contribution is -0.160. The lowest BCUT2D eigenvalue weighted by Crippen LogP contribution is -2.38. The Kier molecular flexibility index (Phi) is 6.57. The second-order valence-corrected chi connectivity index (χ2v) is 5.86. The summed E-state index contributed by atoms with van der Waals surface area (Å²) in [4.78, 5) is 24.1. The average Bonchev–Trinajstić information content (AvgIpc) is 2.62. The van der Waals surface area contributed by atoms with Gasteiger partial charge < -0.3 is 14.8 Å². The fourth-order valence-electron chi connectivity index (χ4n) is 2.12. The number of hydrogen-bond donors (Lipinski definition) is 1. The van der Waals surface area contributed by atoms with Gasteiger partial charge in [-0.1, -0.05) is 48.0 Å². The highest BCUT2D eigenvalue weighted by Gasteiger charge is 2.23. The molecule has 2 aromatic rings. The van der Waals surface area contributed by atoms with Gasteiger partial charge in [0.15, 0.2) is 12.2 Å². The van der Waals surface area contributed by atoms with Crippen LogP contribution in [-0.2, 0) is 20.9 Å². The van der Waals surface area contributed by atoms with Gasteiger partial charge in [-0.05, 0) is 38.5 Å². The zero-order valence-electron chi connectivity index (χ0n) is 14.7. The summed E-state index contributed by atoms with van der Waals surface area (Å²) < 4.78 is 10.7. The van der Waals surface area contributed by atoms with E-state index in [9.17, 15) is 9.59 Å². The van der Waals surface area contributed by atoms with Crippen LogP contribution in [0, 0.1) is 6.92 Å². The molecule has 2 rings (SSSR count). The number of amides is 1. The molecule has 0 fully saturated rings. The number of carbonyl (C=O) groups excluding carboxylic acids is 2. The van der Waals surface area contributed by atoms with Crippen LogP contribution in [0.5, 0.6) is 5.75 Å². The summed E-state index contributed by atoms with van der Waals surface area (Å²) in [6, 6.07) is 16.9. The van der Waals surface area contributed by atoms with E-state index in [2.05, 4.69) is 5.32 Å². The molecule has 2 aromatic carbocycles. The summed E-state index contributed by atoms with van der Waals surface area (Å²) >= 11 is 0. The summed E-state index contributed by atoms with van der Waals surface area (Å²) in [5.74, 6) is -0.348. The maximum Gasteiger partial charge on any atom is 0.347 e. The van der Waals surface area contributed by atoms with Crippen LogP contribution in [0.1, 0.15) is 25.0 Å². The van der Waals surface area contributed by atoms with E-state index >= 15 is 0 Å². The summed E-state index contributed by atoms with van der Waals surface area (Å²) in [6.45, 7) is 5.49. The van der Waals surface area contributed by atoms with Crippen LogP contribution in [-0.4, -0.2) is 24.1 Å². The van der Waals surface area contributed by atoms with E-state index in [-0.39, 0.29) is 5.91 Å². The molecular formula is C20H23NO4. The van der Waals surface area contributed by atoms with Gasteiger partial charge >= 0.3 is 5.97 Å². The molecule has 0 aliphatic rings. The molecule has 2 atom stereocenters. The standard InChI is InChI=1S/C20H23NO4/c1-14-9-11-18(12-10-14)24-16(3)20(23)25-15(2)19(22)21-13-17-7-5-4-6-8-17/h4-12,15-16H,13H2,1-3H3,(H,21,22). The fourth-order valence-corrected chi connectivity index (χ4v) is 2.12. The molecule has 25 heavy (non-hydrogen) atoms. The van der Waals surface area contributed by atoms with Crippen molar-refractivity contribution < 1.29 is 19.1 Å². The molecule has 0 saturated heterocycles. The van der Waals surface area contributed by atoms with Crippen molar-refractivity contribution in [3.05, 3.63) is 65.7 Å². The monoisotopic (exact) mass is 341 g/mol. The van der Waals surface area contributed by atoms with E-state index in [0.29, 0.717) is 12.3 Å². The molecule has 0 bridgehead atoms. The second kappa shape index (κ2) is 8.87. The summed E-state index contributed by atoms with van der Waals surface area (Å²) in [5.41, 5.74) is 2.08. The van der Waals surface area contributed by atoms with Crippen molar-refractivity contribution in [1.82, 2.24) is 5.32 Å². The molecule has 0 radical (unpaired) electrons. The minimum Gasteiger partial charge on any atom is -0.479 e. The van der Waals surface area contributed by atoms with Gasteiger partial charge in [0.1, 0.15) is 5.75 Å². The Hall–Kier alpha value is -2.82. The number of ether oxygens (including phenoxy) is 2. The number of hydrogen-bond acceptors (Lipinski definition) is 4. The smallest absolute Gasteiger partial charge is 0.347 e. The van der Waals surface area contributed by atoms with Crippen LogP contribution in [0.4, 0.5) is 0 Å². The molecular weight excluding hydrogens is 318 g/mol. The van der Waals surface area contributed by atoms with Gasteiger partial charge in [-0.15, -0.1) is 0 Å². The fraction of sp³-hybridized carbons (Fsp3) is 0.300. The normalized spacial score (nSPS) is 12.8. The Morgan fingerprint density at radius 2 is 1.60 bits per heavy atom. The highest BCUT2D eigenvalue weighted by atomic mass is 16.6. The highest BCUT2D eigenvalue weighted by molar-refractivity contribution is 5.84. The summed E-state index contributed by atoms with van der Waals surface area (Å²) in [7, 11) is 0. The highest BCUT2D eigenvalue weighted by Crippen LogP contribution is 2.14. The van der Waals surface area contributed by atoms with Crippen molar-refractivity contribution in [2.24, 2.45) is 0 Å². The Morgan fingerprint density at radius 1 is 0.960 bits per heavy atom. The molecule has 0 spiro atoms. The Bertz CT molecular complexity index is 697. The van der Waals surface area contributed by atoms with Crippen molar-refractivity contribution in [3.63, 3.8) is 0 Å². The van der Waals surface area contributed by atoms with E-state index in [1.54, 1.807) is 19.1 Å².